The molecule has 2 rings (SSSR count). The van der Waals surface area contributed by atoms with Gasteiger partial charge in [-0.25, -0.2) is 0 Å². The molecule has 1 aliphatic rings. The Balaban J connectivity index is 2.22. The number of pyridine rings is 1. The maximum atomic E-state index is 11.9. The van der Waals surface area contributed by atoms with Crippen molar-refractivity contribution in [1.29, 1.82) is 0 Å². The normalized spacial score (nSPS) is 15.9. The summed E-state index contributed by atoms with van der Waals surface area (Å²) in [6, 6.07) is 1.64. The molecule has 0 aliphatic carbocycles. The van der Waals surface area contributed by atoms with Crippen LogP contribution in [0, 0.1) is 0 Å². The van der Waals surface area contributed by atoms with E-state index in [9.17, 15) is 4.79 Å². The van der Waals surface area contributed by atoms with Crippen molar-refractivity contribution in [3.05, 3.63) is 29.0 Å². The van der Waals surface area contributed by atoms with E-state index in [0.717, 1.165) is 25.9 Å². The third-order valence-electron chi connectivity index (χ3n) is 2.39. The van der Waals surface area contributed by atoms with Crippen molar-refractivity contribution in [2.24, 2.45) is 0 Å². The van der Waals surface area contributed by atoms with Gasteiger partial charge in [-0.1, -0.05) is 11.6 Å². The second kappa shape index (κ2) is 3.96. The van der Waals surface area contributed by atoms with E-state index < -0.39 is 0 Å². The summed E-state index contributed by atoms with van der Waals surface area (Å²) < 4.78 is 0. The van der Waals surface area contributed by atoms with Gasteiger partial charge in [0.2, 0.25) is 0 Å². The van der Waals surface area contributed by atoms with Crippen LogP contribution in [0.3, 0.4) is 0 Å². The number of nitrogens with zero attached hydrogens (tertiary/aromatic N) is 2. The number of halogens is 1. The number of carbonyl (C=O) groups is 1. The highest BCUT2D eigenvalue weighted by molar-refractivity contribution is 6.33. The second-order valence-electron chi connectivity index (χ2n) is 3.35. The Morgan fingerprint density at radius 3 is 2.79 bits per heavy atom. The van der Waals surface area contributed by atoms with E-state index in [4.69, 9.17) is 11.6 Å². The summed E-state index contributed by atoms with van der Waals surface area (Å²) in [4.78, 5) is 17.6. The van der Waals surface area contributed by atoms with Gasteiger partial charge in [-0.05, 0) is 18.9 Å². The average molecular weight is 211 g/mol. The minimum Gasteiger partial charge on any atom is -0.339 e. The van der Waals surface area contributed by atoms with Gasteiger partial charge in [0.25, 0.3) is 5.91 Å². The number of rotatable bonds is 1. The number of aromatic nitrogens is 1. The summed E-state index contributed by atoms with van der Waals surface area (Å²) in [5, 5.41) is 0.483. The Hall–Kier alpha value is -1.09. The fourth-order valence-electron chi connectivity index (χ4n) is 1.63. The highest BCUT2D eigenvalue weighted by Crippen LogP contribution is 2.18. The molecule has 4 heteroatoms. The Bertz CT molecular complexity index is 348. The van der Waals surface area contributed by atoms with Crippen LogP contribution in [0.2, 0.25) is 5.02 Å². The number of hydrogen-bond donors (Lipinski definition) is 0. The zero-order chi connectivity index (χ0) is 9.97. The van der Waals surface area contributed by atoms with E-state index in [1.54, 1.807) is 12.3 Å². The maximum absolute atomic E-state index is 11.9. The standard InChI is InChI=1S/C10H11ClN2O/c11-9-3-4-12-7-8(9)10(14)13-5-1-2-6-13/h3-4,7H,1-2,5-6H2. The van der Waals surface area contributed by atoms with E-state index in [-0.39, 0.29) is 5.91 Å². The van der Waals surface area contributed by atoms with Crippen LogP contribution in [0.15, 0.2) is 18.5 Å². The van der Waals surface area contributed by atoms with E-state index in [1.165, 1.54) is 6.20 Å². The monoisotopic (exact) mass is 210 g/mol. The van der Waals surface area contributed by atoms with Crippen LogP contribution >= 0.6 is 11.6 Å². The second-order valence-corrected chi connectivity index (χ2v) is 3.76. The van der Waals surface area contributed by atoms with Gasteiger partial charge in [0.15, 0.2) is 0 Å². The molecule has 0 unspecified atom stereocenters. The summed E-state index contributed by atoms with van der Waals surface area (Å²) in [5.41, 5.74) is 0.510. The summed E-state index contributed by atoms with van der Waals surface area (Å²) in [5.74, 6) is 0.000556. The molecule has 1 aromatic heterocycles. The van der Waals surface area contributed by atoms with Gasteiger partial charge in [-0.2, -0.15) is 0 Å². The zero-order valence-electron chi connectivity index (χ0n) is 7.74. The molecule has 3 nitrogen and oxygen atoms in total. The smallest absolute Gasteiger partial charge is 0.256 e. The molecule has 0 radical (unpaired) electrons. The number of likely N-dealkylation sites (tertiary alicyclic amines) is 1. The minimum atomic E-state index is 0.000556. The Morgan fingerprint density at radius 1 is 1.43 bits per heavy atom. The third kappa shape index (κ3) is 1.73. The van der Waals surface area contributed by atoms with Gasteiger partial charge in [0, 0.05) is 25.5 Å². The molecule has 1 aliphatic heterocycles. The third-order valence-corrected chi connectivity index (χ3v) is 2.72. The van der Waals surface area contributed by atoms with E-state index >= 15 is 0 Å². The molecule has 0 bridgehead atoms. The molecule has 0 atom stereocenters. The van der Waals surface area contributed by atoms with Gasteiger partial charge in [-0.15, -0.1) is 0 Å². The quantitative estimate of drug-likeness (QED) is 0.710. The molecular weight excluding hydrogens is 200 g/mol. The Morgan fingerprint density at radius 2 is 2.14 bits per heavy atom. The molecule has 2 heterocycles. The lowest BCUT2D eigenvalue weighted by Gasteiger charge is -2.15. The lowest BCUT2D eigenvalue weighted by molar-refractivity contribution is 0.0792. The van der Waals surface area contributed by atoms with Gasteiger partial charge >= 0.3 is 0 Å². The predicted molar refractivity (Wildman–Crippen MR) is 54.4 cm³/mol. The molecule has 74 valence electrons. The van der Waals surface area contributed by atoms with Gasteiger partial charge < -0.3 is 4.90 Å². The van der Waals surface area contributed by atoms with Crippen LogP contribution < -0.4 is 0 Å². The van der Waals surface area contributed by atoms with Crippen LogP contribution in [0.25, 0.3) is 0 Å². The van der Waals surface area contributed by atoms with Gasteiger partial charge in [0.05, 0.1) is 10.6 Å². The summed E-state index contributed by atoms with van der Waals surface area (Å²) in [6.07, 6.45) is 5.29. The summed E-state index contributed by atoms with van der Waals surface area (Å²) >= 11 is 5.91. The van der Waals surface area contributed by atoms with Crippen LogP contribution in [0.4, 0.5) is 0 Å². The minimum absolute atomic E-state index is 0.000556. The van der Waals surface area contributed by atoms with Crippen molar-refractivity contribution in [2.75, 3.05) is 13.1 Å². The van der Waals surface area contributed by atoms with Crippen molar-refractivity contribution >= 4 is 17.5 Å². The van der Waals surface area contributed by atoms with Crippen LogP contribution in [-0.2, 0) is 0 Å². The Kier molecular flexibility index (Phi) is 2.68. The van der Waals surface area contributed by atoms with Crippen molar-refractivity contribution in [3.63, 3.8) is 0 Å². The molecule has 0 spiro atoms. The molecule has 1 fully saturated rings. The highest BCUT2D eigenvalue weighted by atomic mass is 35.5. The first-order chi connectivity index (χ1) is 6.79. The Labute approximate surface area is 87.7 Å². The molecule has 14 heavy (non-hydrogen) atoms. The van der Waals surface area contributed by atoms with Crippen LogP contribution in [0.5, 0.6) is 0 Å². The predicted octanol–water partition coefficient (Wildman–Crippen LogP) is 1.97. The molecule has 1 aromatic rings. The largest absolute Gasteiger partial charge is 0.339 e. The molecular formula is C10H11ClN2O. The maximum Gasteiger partial charge on any atom is 0.256 e. The first-order valence-electron chi connectivity index (χ1n) is 4.68. The van der Waals surface area contributed by atoms with Crippen molar-refractivity contribution in [1.82, 2.24) is 9.88 Å². The number of amides is 1. The highest BCUT2D eigenvalue weighted by Gasteiger charge is 2.21. The summed E-state index contributed by atoms with van der Waals surface area (Å²) in [7, 11) is 0. The SMILES string of the molecule is O=C(c1cnccc1Cl)N1CCCC1. The van der Waals surface area contributed by atoms with Crippen LogP contribution in [0.1, 0.15) is 23.2 Å². The number of hydrogen-bond acceptors (Lipinski definition) is 2. The van der Waals surface area contributed by atoms with Gasteiger partial charge in [0.1, 0.15) is 0 Å². The molecule has 1 saturated heterocycles. The van der Waals surface area contributed by atoms with E-state index in [0.29, 0.717) is 10.6 Å². The fourth-order valence-corrected chi connectivity index (χ4v) is 1.81. The average Bonchev–Trinajstić information content (AvgIpc) is 2.70. The molecule has 0 aromatic carbocycles. The zero-order valence-corrected chi connectivity index (χ0v) is 8.50. The number of carbonyl (C=O) groups excluding carboxylic acids is 1. The van der Waals surface area contributed by atoms with E-state index in [2.05, 4.69) is 4.98 Å². The molecule has 0 N–H and O–H groups in total. The first kappa shape index (κ1) is 9.46. The van der Waals surface area contributed by atoms with Crippen molar-refractivity contribution in [2.45, 2.75) is 12.8 Å². The first-order valence-corrected chi connectivity index (χ1v) is 5.05. The van der Waals surface area contributed by atoms with Crippen molar-refractivity contribution < 1.29 is 4.79 Å². The molecule has 1 amide bonds. The van der Waals surface area contributed by atoms with Gasteiger partial charge in [-0.3, -0.25) is 9.78 Å². The summed E-state index contributed by atoms with van der Waals surface area (Å²) in [6.45, 7) is 1.67. The fraction of sp³-hybridized carbons (Fsp3) is 0.400. The van der Waals surface area contributed by atoms with Crippen molar-refractivity contribution in [3.8, 4) is 0 Å². The lowest BCUT2D eigenvalue weighted by atomic mass is 10.2. The lowest BCUT2D eigenvalue weighted by Crippen LogP contribution is -2.27. The van der Waals surface area contributed by atoms with E-state index in [1.807, 2.05) is 4.90 Å². The van der Waals surface area contributed by atoms with Crippen LogP contribution in [-0.4, -0.2) is 28.9 Å². The topological polar surface area (TPSA) is 33.2 Å². The molecule has 0 saturated carbocycles.